The summed E-state index contributed by atoms with van der Waals surface area (Å²) < 4.78 is 0. The number of nitrogens with zero attached hydrogens (tertiary/aromatic N) is 2. The van der Waals surface area contributed by atoms with Gasteiger partial charge in [0.25, 0.3) is 5.69 Å². The van der Waals surface area contributed by atoms with E-state index in [1.54, 1.807) is 31.5 Å². The van der Waals surface area contributed by atoms with Crippen LogP contribution in [0.2, 0.25) is 0 Å². The molecule has 6 heteroatoms. The predicted octanol–water partition coefficient (Wildman–Crippen LogP) is 2.24. The molecule has 0 aliphatic heterocycles. The fraction of sp³-hybridized carbons (Fsp3) is 0.182. The molecule has 2 N–H and O–H groups in total. The van der Waals surface area contributed by atoms with Gasteiger partial charge in [-0.15, -0.1) is 0 Å². The standard InChI is InChI=1S/C11H12N4O2/c1-8-2-3-9(4-11(8)15(16)17)5-12-10-6-13-14-7-10/h2-4,6-7,12H,5H2,1H3,(H,13,14). The van der Waals surface area contributed by atoms with Crippen molar-refractivity contribution in [2.75, 3.05) is 5.32 Å². The highest BCUT2D eigenvalue weighted by Crippen LogP contribution is 2.19. The third-order valence-corrected chi connectivity index (χ3v) is 2.47. The predicted molar refractivity (Wildman–Crippen MR) is 63.7 cm³/mol. The van der Waals surface area contributed by atoms with Crippen molar-refractivity contribution >= 4 is 11.4 Å². The van der Waals surface area contributed by atoms with Crippen molar-refractivity contribution in [1.29, 1.82) is 0 Å². The Hall–Kier alpha value is -2.37. The molecule has 88 valence electrons. The molecular weight excluding hydrogens is 220 g/mol. The monoisotopic (exact) mass is 232 g/mol. The van der Waals surface area contributed by atoms with E-state index in [2.05, 4.69) is 15.5 Å². The molecule has 0 saturated heterocycles. The van der Waals surface area contributed by atoms with Crippen molar-refractivity contribution in [3.63, 3.8) is 0 Å². The van der Waals surface area contributed by atoms with Gasteiger partial charge in [0.1, 0.15) is 0 Å². The molecule has 2 rings (SSSR count). The van der Waals surface area contributed by atoms with Gasteiger partial charge in [-0.1, -0.05) is 12.1 Å². The normalized spacial score (nSPS) is 10.2. The van der Waals surface area contributed by atoms with Gasteiger partial charge in [0.05, 0.1) is 16.8 Å². The maximum absolute atomic E-state index is 10.8. The second-order valence-electron chi connectivity index (χ2n) is 3.72. The van der Waals surface area contributed by atoms with Crippen LogP contribution in [0.4, 0.5) is 11.4 Å². The van der Waals surface area contributed by atoms with Gasteiger partial charge in [0, 0.05) is 24.4 Å². The SMILES string of the molecule is Cc1ccc(CNc2cn[nH]c2)cc1[N+](=O)[O-]. The average Bonchev–Trinajstić information content (AvgIpc) is 2.80. The fourth-order valence-electron chi connectivity index (χ4n) is 1.51. The van der Waals surface area contributed by atoms with Crippen LogP contribution < -0.4 is 5.32 Å². The third-order valence-electron chi connectivity index (χ3n) is 2.47. The van der Waals surface area contributed by atoms with E-state index in [0.29, 0.717) is 12.1 Å². The number of aromatic amines is 1. The van der Waals surface area contributed by atoms with Gasteiger partial charge in [0.15, 0.2) is 0 Å². The molecule has 0 aliphatic rings. The van der Waals surface area contributed by atoms with Crippen LogP contribution in [0.5, 0.6) is 0 Å². The van der Waals surface area contributed by atoms with E-state index in [0.717, 1.165) is 11.3 Å². The maximum atomic E-state index is 10.8. The van der Waals surface area contributed by atoms with E-state index >= 15 is 0 Å². The van der Waals surface area contributed by atoms with Gasteiger partial charge in [0.2, 0.25) is 0 Å². The van der Waals surface area contributed by atoms with Crippen molar-refractivity contribution in [3.05, 3.63) is 51.8 Å². The lowest BCUT2D eigenvalue weighted by atomic mass is 10.1. The van der Waals surface area contributed by atoms with E-state index in [9.17, 15) is 10.1 Å². The molecule has 0 unspecified atom stereocenters. The van der Waals surface area contributed by atoms with Crippen LogP contribution in [0.25, 0.3) is 0 Å². The Bertz CT molecular complexity index is 522. The number of hydrogen-bond acceptors (Lipinski definition) is 4. The molecule has 1 heterocycles. The average molecular weight is 232 g/mol. The Morgan fingerprint density at radius 2 is 2.35 bits per heavy atom. The summed E-state index contributed by atoms with van der Waals surface area (Å²) in [6.45, 7) is 2.26. The van der Waals surface area contributed by atoms with Crippen LogP contribution in [-0.4, -0.2) is 15.1 Å². The zero-order chi connectivity index (χ0) is 12.3. The quantitative estimate of drug-likeness (QED) is 0.625. The van der Waals surface area contributed by atoms with Gasteiger partial charge < -0.3 is 5.32 Å². The van der Waals surface area contributed by atoms with Crippen molar-refractivity contribution in [3.8, 4) is 0 Å². The summed E-state index contributed by atoms with van der Waals surface area (Å²) in [6.07, 6.45) is 3.38. The Kier molecular flexibility index (Phi) is 3.04. The number of aromatic nitrogens is 2. The van der Waals surface area contributed by atoms with E-state index in [-0.39, 0.29) is 10.6 Å². The first-order valence-corrected chi connectivity index (χ1v) is 5.13. The molecule has 1 aromatic heterocycles. The van der Waals surface area contributed by atoms with Gasteiger partial charge >= 0.3 is 0 Å². The van der Waals surface area contributed by atoms with Crippen LogP contribution in [0.3, 0.4) is 0 Å². The number of nitrogens with one attached hydrogen (secondary N) is 2. The molecule has 0 aliphatic carbocycles. The van der Waals surface area contributed by atoms with Gasteiger partial charge in [-0.25, -0.2) is 0 Å². The molecule has 0 amide bonds. The Labute approximate surface area is 97.8 Å². The molecule has 0 radical (unpaired) electrons. The van der Waals surface area contributed by atoms with Crippen LogP contribution in [0.1, 0.15) is 11.1 Å². The molecule has 0 atom stereocenters. The highest BCUT2D eigenvalue weighted by molar-refractivity contribution is 5.44. The van der Waals surface area contributed by atoms with Crippen LogP contribution in [0.15, 0.2) is 30.6 Å². The van der Waals surface area contributed by atoms with Crippen LogP contribution >= 0.6 is 0 Å². The number of nitro groups is 1. The van der Waals surface area contributed by atoms with Crippen molar-refractivity contribution < 1.29 is 4.92 Å². The number of hydrogen-bond donors (Lipinski definition) is 2. The molecular formula is C11H12N4O2. The summed E-state index contributed by atoms with van der Waals surface area (Å²) in [5.41, 5.74) is 2.54. The number of anilines is 1. The summed E-state index contributed by atoms with van der Waals surface area (Å²) in [5.74, 6) is 0. The molecule has 0 bridgehead atoms. The molecule has 17 heavy (non-hydrogen) atoms. The first-order chi connectivity index (χ1) is 8.16. The Balaban J connectivity index is 2.11. The molecule has 1 aromatic carbocycles. The number of benzene rings is 1. The molecule has 2 aromatic rings. The van der Waals surface area contributed by atoms with Crippen molar-refractivity contribution in [2.24, 2.45) is 0 Å². The molecule has 0 fully saturated rings. The van der Waals surface area contributed by atoms with Crippen LogP contribution in [-0.2, 0) is 6.54 Å². The van der Waals surface area contributed by atoms with E-state index in [4.69, 9.17) is 0 Å². The Morgan fingerprint density at radius 3 is 3.00 bits per heavy atom. The minimum atomic E-state index is -0.364. The minimum Gasteiger partial charge on any atom is -0.378 e. The number of rotatable bonds is 4. The zero-order valence-corrected chi connectivity index (χ0v) is 9.30. The molecule has 0 spiro atoms. The summed E-state index contributed by atoms with van der Waals surface area (Å²) in [4.78, 5) is 10.4. The second kappa shape index (κ2) is 4.65. The number of H-pyrrole nitrogens is 1. The highest BCUT2D eigenvalue weighted by Gasteiger charge is 2.10. The first kappa shape index (κ1) is 11.1. The summed E-state index contributed by atoms with van der Waals surface area (Å²) in [5, 5.41) is 20.4. The summed E-state index contributed by atoms with van der Waals surface area (Å²) >= 11 is 0. The van der Waals surface area contributed by atoms with Crippen LogP contribution in [0, 0.1) is 17.0 Å². The third kappa shape index (κ3) is 2.60. The van der Waals surface area contributed by atoms with Gasteiger partial charge in [-0.3, -0.25) is 15.2 Å². The smallest absolute Gasteiger partial charge is 0.272 e. The van der Waals surface area contributed by atoms with Crippen molar-refractivity contribution in [1.82, 2.24) is 10.2 Å². The number of nitro benzene ring substituents is 1. The van der Waals surface area contributed by atoms with Gasteiger partial charge in [-0.2, -0.15) is 5.10 Å². The highest BCUT2D eigenvalue weighted by atomic mass is 16.6. The molecule has 6 nitrogen and oxygen atoms in total. The second-order valence-corrected chi connectivity index (χ2v) is 3.72. The summed E-state index contributed by atoms with van der Waals surface area (Å²) in [7, 11) is 0. The largest absolute Gasteiger partial charge is 0.378 e. The van der Waals surface area contributed by atoms with E-state index in [1.165, 1.54) is 0 Å². The fourth-order valence-corrected chi connectivity index (χ4v) is 1.51. The van der Waals surface area contributed by atoms with Crippen molar-refractivity contribution in [2.45, 2.75) is 13.5 Å². The summed E-state index contributed by atoms with van der Waals surface area (Å²) in [6, 6.07) is 5.21. The minimum absolute atomic E-state index is 0.150. The maximum Gasteiger partial charge on any atom is 0.272 e. The lowest BCUT2D eigenvalue weighted by molar-refractivity contribution is -0.385. The topological polar surface area (TPSA) is 83.8 Å². The zero-order valence-electron chi connectivity index (χ0n) is 9.30. The lowest BCUT2D eigenvalue weighted by Crippen LogP contribution is -2.00. The first-order valence-electron chi connectivity index (χ1n) is 5.13. The van der Waals surface area contributed by atoms with Gasteiger partial charge in [-0.05, 0) is 12.5 Å². The van der Waals surface area contributed by atoms with E-state index < -0.39 is 0 Å². The Morgan fingerprint density at radius 1 is 1.53 bits per heavy atom. The molecule has 0 saturated carbocycles. The lowest BCUT2D eigenvalue weighted by Gasteiger charge is -2.04. The number of aryl methyl sites for hydroxylation is 1. The van der Waals surface area contributed by atoms with E-state index in [1.807, 2.05) is 6.07 Å².